The highest BCUT2D eigenvalue weighted by atomic mass is 15.3. The van der Waals surface area contributed by atoms with Crippen molar-refractivity contribution in [1.82, 2.24) is 19.9 Å². The molecule has 1 saturated heterocycles. The lowest BCUT2D eigenvalue weighted by atomic mass is 10.3. The van der Waals surface area contributed by atoms with Gasteiger partial charge < -0.3 is 9.80 Å². The molecule has 110 valence electrons. The second kappa shape index (κ2) is 5.63. The molecule has 2 aromatic rings. The first-order valence-corrected chi connectivity index (χ1v) is 7.23. The van der Waals surface area contributed by atoms with E-state index in [0.29, 0.717) is 0 Å². The van der Waals surface area contributed by atoms with E-state index < -0.39 is 0 Å². The maximum atomic E-state index is 4.58. The van der Waals surface area contributed by atoms with Crippen LogP contribution in [0.5, 0.6) is 0 Å². The Morgan fingerprint density at radius 1 is 0.905 bits per heavy atom. The summed E-state index contributed by atoms with van der Waals surface area (Å²) in [7, 11) is 0. The van der Waals surface area contributed by atoms with Gasteiger partial charge in [0.25, 0.3) is 0 Å². The van der Waals surface area contributed by atoms with Crippen molar-refractivity contribution in [3.05, 3.63) is 35.5 Å². The molecular weight excluding hydrogens is 264 g/mol. The van der Waals surface area contributed by atoms with Crippen LogP contribution in [0.4, 0.5) is 11.8 Å². The summed E-state index contributed by atoms with van der Waals surface area (Å²) in [5, 5.41) is 0. The highest BCUT2D eigenvalue weighted by molar-refractivity contribution is 5.42. The van der Waals surface area contributed by atoms with Crippen molar-refractivity contribution in [2.24, 2.45) is 0 Å². The third-order valence-electron chi connectivity index (χ3n) is 3.86. The zero-order valence-corrected chi connectivity index (χ0v) is 12.7. The Hall–Kier alpha value is -2.24. The first kappa shape index (κ1) is 13.7. The van der Waals surface area contributed by atoms with Crippen LogP contribution in [0, 0.1) is 20.8 Å². The van der Waals surface area contributed by atoms with Crippen LogP contribution in [-0.2, 0) is 0 Å². The molecule has 0 amide bonds. The van der Waals surface area contributed by atoms with Crippen LogP contribution in [0.15, 0.2) is 18.5 Å². The Morgan fingerprint density at radius 3 is 2.29 bits per heavy atom. The molecule has 21 heavy (non-hydrogen) atoms. The van der Waals surface area contributed by atoms with Crippen LogP contribution in [0.25, 0.3) is 0 Å². The molecule has 1 aliphatic rings. The number of rotatable bonds is 2. The molecule has 0 N–H and O–H groups in total. The summed E-state index contributed by atoms with van der Waals surface area (Å²) in [6, 6.07) is 1.97. The monoisotopic (exact) mass is 284 g/mol. The Morgan fingerprint density at radius 2 is 1.62 bits per heavy atom. The fraction of sp³-hybridized carbons (Fsp3) is 0.467. The Balaban J connectivity index is 1.68. The predicted molar refractivity (Wildman–Crippen MR) is 82.7 cm³/mol. The van der Waals surface area contributed by atoms with Crippen LogP contribution in [-0.4, -0.2) is 46.1 Å². The van der Waals surface area contributed by atoms with Crippen LogP contribution >= 0.6 is 0 Å². The molecular formula is C15H20N6. The SMILES string of the molecule is Cc1nccc(N2CCN(c3ncc(C)c(C)n3)CC2)n1. The van der Waals surface area contributed by atoms with Gasteiger partial charge in [0, 0.05) is 44.3 Å². The summed E-state index contributed by atoms with van der Waals surface area (Å²) in [6.45, 7) is 9.65. The van der Waals surface area contributed by atoms with Gasteiger partial charge in [-0.15, -0.1) is 0 Å². The maximum Gasteiger partial charge on any atom is 0.225 e. The van der Waals surface area contributed by atoms with Gasteiger partial charge in [-0.2, -0.15) is 0 Å². The third kappa shape index (κ3) is 2.94. The average Bonchev–Trinajstić information content (AvgIpc) is 2.50. The van der Waals surface area contributed by atoms with Crippen molar-refractivity contribution >= 4 is 11.8 Å². The molecule has 0 saturated carbocycles. The number of piperazine rings is 1. The van der Waals surface area contributed by atoms with E-state index in [1.165, 1.54) is 0 Å². The lowest BCUT2D eigenvalue weighted by Gasteiger charge is -2.35. The zero-order valence-electron chi connectivity index (χ0n) is 12.7. The van der Waals surface area contributed by atoms with Crippen molar-refractivity contribution in [2.45, 2.75) is 20.8 Å². The first-order chi connectivity index (χ1) is 10.1. The summed E-state index contributed by atoms with van der Waals surface area (Å²) in [4.78, 5) is 22.2. The number of hydrogen-bond acceptors (Lipinski definition) is 6. The Labute approximate surface area is 124 Å². The van der Waals surface area contributed by atoms with E-state index in [4.69, 9.17) is 0 Å². The third-order valence-corrected chi connectivity index (χ3v) is 3.86. The standard InChI is InChI=1S/C15H20N6/c1-11-10-17-15(18-12(11)2)21-8-6-20(7-9-21)14-4-5-16-13(3)19-14/h4-5,10H,6-9H2,1-3H3. The van der Waals surface area contributed by atoms with Crippen LogP contribution in [0.3, 0.4) is 0 Å². The van der Waals surface area contributed by atoms with Crippen molar-refractivity contribution in [2.75, 3.05) is 36.0 Å². The molecule has 1 aliphatic heterocycles. The normalized spacial score (nSPS) is 15.4. The topological polar surface area (TPSA) is 58.0 Å². The first-order valence-electron chi connectivity index (χ1n) is 7.23. The molecule has 0 aromatic carbocycles. The lowest BCUT2D eigenvalue weighted by Crippen LogP contribution is -2.47. The van der Waals surface area contributed by atoms with Gasteiger partial charge in [0.05, 0.1) is 0 Å². The predicted octanol–water partition coefficient (Wildman–Crippen LogP) is 1.52. The largest absolute Gasteiger partial charge is 0.353 e. The van der Waals surface area contributed by atoms with Gasteiger partial charge in [0.1, 0.15) is 11.6 Å². The van der Waals surface area contributed by atoms with Gasteiger partial charge in [-0.25, -0.2) is 19.9 Å². The summed E-state index contributed by atoms with van der Waals surface area (Å²) in [6.07, 6.45) is 3.72. The number of hydrogen-bond donors (Lipinski definition) is 0. The molecule has 6 nitrogen and oxygen atoms in total. The quantitative estimate of drug-likeness (QED) is 0.833. The molecule has 0 unspecified atom stereocenters. The van der Waals surface area contributed by atoms with E-state index in [1.54, 1.807) is 0 Å². The van der Waals surface area contributed by atoms with Gasteiger partial charge in [0.15, 0.2) is 0 Å². The number of anilines is 2. The van der Waals surface area contributed by atoms with Crippen LogP contribution in [0.1, 0.15) is 17.1 Å². The van der Waals surface area contributed by atoms with Crippen LogP contribution < -0.4 is 9.80 Å². The number of aromatic nitrogens is 4. The molecule has 0 bridgehead atoms. The van der Waals surface area contributed by atoms with E-state index in [1.807, 2.05) is 39.2 Å². The summed E-state index contributed by atoms with van der Waals surface area (Å²) in [5.74, 6) is 2.65. The number of aryl methyl sites for hydroxylation is 3. The molecule has 0 radical (unpaired) electrons. The molecule has 0 aliphatic carbocycles. The fourth-order valence-corrected chi connectivity index (χ4v) is 2.42. The second-order valence-electron chi connectivity index (χ2n) is 5.37. The molecule has 0 spiro atoms. The molecule has 3 heterocycles. The van der Waals surface area contributed by atoms with Gasteiger partial charge in [-0.05, 0) is 32.4 Å². The Kier molecular flexibility index (Phi) is 3.68. The summed E-state index contributed by atoms with van der Waals surface area (Å²) >= 11 is 0. The van der Waals surface area contributed by atoms with E-state index in [9.17, 15) is 0 Å². The van der Waals surface area contributed by atoms with Crippen molar-refractivity contribution in [3.8, 4) is 0 Å². The fourth-order valence-electron chi connectivity index (χ4n) is 2.42. The van der Waals surface area contributed by atoms with Gasteiger partial charge in [-0.3, -0.25) is 0 Å². The lowest BCUT2D eigenvalue weighted by molar-refractivity contribution is 0.632. The second-order valence-corrected chi connectivity index (χ2v) is 5.37. The molecule has 1 fully saturated rings. The minimum absolute atomic E-state index is 0.812. The Bertz CT molecular complexity index is 634. The van der Waals surface area contributed by atoms with Crippen molar-refractivity contribution in [3.63, 3.8) is 0 Å². The maximum absolute atomic E-state index is 4.58. The molecule has 2 aromatic heterocycles. The highest BCUT2D eigenvalue weighted by Gasteiger charge is 2.20. The molecule has 3 rings (SSSR count). The van der Waals surface area contributed by atoms with Gasteiger partial charge in [0.2, 0.25) is 5.95 Å². The minimum Gasteiger partial charge on any atom is -0.353 e. The summed E-state index contributed by atoms with van der Waals surface area (Å²) in [5.41, 5.74) is 2.18. The smallest absolute Gasteiger partial charge is 0.225 e. The van der Waals surface area contributed by atoms with Gasteiger partial charge >= 0.3 is 0 Å². The molecule has 6 heteroatoms. The average molecular weight is 284 g/mol. The van der Waals surface area contributed by atoms with Crippen molar-refractivity contribution in [1.29, 1.82) is 0 Å². The van der Waals surface area contributed by atoms with E-state index in [2.05, 4.69) is 29.7 Å². The van der Waals surface area contributed by atoms with Crippen molar-refractivity contribution < 1.29 is 0 Å². The van der Waals surface area contributed by atoms with Gasteiger partial charge in [-0.1, -0.05) is 0 Å². The minimum atomic E-state index is 0.812. The molecule has 0 atom stereocenters. The summed E-state index contributed by atoms with van der Waals surface area (Å²) < 4.78 is 0. The highest BCUT2D eigenvalue weighted by Crippen LogP contribution is 2.16. The number of nitrogens with zero attached hydrogens (tertiary/aromatic N) is 6. The van der Waals surface area contributed by atoms with Crippen LogP contribution in [0.2, 0.25) is 0 Å². The zero-order chi connectivity index (χ0) is 14.8. The van der Waals surface area contributed by atoms with E-state index in [0.717, 1.165) is 55.0 Å². The van der Waals surface area contributed by atoms with E-state index in [-0.39, 0.29) is 0 Å². The van der Waals surface area contributed by atoms with E-state index >= 15 is 0 Å².